The molecule has 0 saturated heterocycles. The molecule has 1 amide bonds. The first-order chi connectivity index (χ1) is 9.22. The molecule has 0 aromatic heterocycles. The first-order valence-corrected chi connectivity index (χ1v) is 5.70. The van der Waals surface area contributed by atoms with E-state index < -0.39 is 5.91 Å². The average Bonchev–Trinajstić information content (AvgIpc) is 2.43. The lowest BCUT2D eigenvalue weighted by Gasteiger charge is -2.13. The number of carbonyl (C=O) groups is 2. The zero-order chi connectivity index (χ0) is 14.1. The van der Waals surface area contributed by atoms with Gasteiger partial charge in [0, 0.05) is 0 Å². The molecular weight excluding hydrogens is 248 g/mol. The third kappa shape index (κ3) is 4.32. The van der Waals surface area contributed by atoms with Crippen molar-refractivity contribution in [2.75, 3.05) is 19.8 Å². The Kier molecular flexibility index (Phi) is 5.89. The van der Waals surface area contributed by atoms with Crippen LogP contribution >= 0.6 is 0 Å². The average molecular weight is 262 g/mol. The van der Waals surface area contributed by atoms with Gasteiger partial charge >= 0.3 is 0 Å². The highest BCUT2D eigenvalue weighted by molar-refractivity contribution is 5.82. The minimum atomic E-state index is -0.440. The summed E-state index contributed by atoms with van der Waals surface area (Å²) in [4.78, 5) is 22.2. The topological polar surface area (TPSA) is 88.4 Å². The summed E-state index contributed by atoms with van der Waals surface area (Å²) >= 11 is 0. The fourth-order valence-electron chi connectivity index (χ4n) is 1.38. The number of para-hydroxylation sites is 1. The molecule has 0 fully saturated rings. The van der Waals surface area contributed by atoms with Gasteiger partial charge in [-0.05, 0) is 19.1 Å². The number of nitrogens with zero attached hydrogens (tertiary/aromatic N) is 1. The lowest BCUT2D eigenvalue weighted by molar-refractivity contribution is -0.122. The highest BCUT2D eigenvalue weighted by Gasteiger charge is 2.12. The molecule has 1 N–H and O–H groups in total. The second-order valence-electron chi connectivity index (χ2n) is 3.45. The lowest BCUT2D eigenvalue weighted by atomic mass is 10.2. The summed E-state index contributed by atoms with van der Waals surface area (Å²) in [6.45, 7) is 1.85. The molecule has 0 atom stereocenters. The van der Waals surface area contributed by atoms with Crippen molar-refractivity contribution in [3.8, 4) is 17.6 Å². The Morgan fingerprint density at radius 1 is 1.47 bits per heavy atom. The Labute approximate surface area is 110 Å². The number of amides is 1. The fourth-order valence-corrected chi connectivity index (χ4v) is 1.38. The molecule has 0 heterocycles. The van der Waals surface area contributed by atoms with Gasteiger partial charge in [0.2, 0.25) is 0 Å². The smallest absolute Gasteiger partial charge is 0.258 e. The Bertz CT molecular complexity index is 494. The molecule has 0 bridgehead atoms. The van der Waals surface area contributed by atoms with Crippen LogP contribution in [0.1, 0.15) is 17.3 Å². The van der Waals surface area contributed by atoms with E-state index >= 15 is 0 Å². The van der Waals surface area contributed by atoms with Crippen molar-refractivity contribution in [3.05, 3.63) is 23.8 Å². The largest absolute Gasteiger partial charge is 0.490 e. The van der Waals surface area contributed by atoms with Gasteiger partial charge in [-0.3, -0.25) is 9.59 Å². The van der Waals surface area contributed by atoms with Crippen molar-refractivity contribution in [2.45, 2.75) is 6.92 Å². The summed E-state index contributed by atoms with van der Waals surface area (Å²) in [6, 6.07) is 6.67. The third-order valence-corrected chi connectivity index (χ3v) is 2.15. The van der Waals surface area contributed by atoms with Crippen LogP contribution in [0.4, 0.5) is 0 Å². The minimum absolute atomic E-state index is 0.0875. The van der Waals surface area contributed by atoms with E-state index in [9.17, 15) is 9.59 Å². The number of nitriles is 1. The van der Waals surface area contributed by atoms with Crippen LogP contribution in [0.5, 0.6) is 11.5 Å². The maximum absolute atomic E-state index is 11.3. The van der Waals surface area contributed by atoms with E-state index in [1.165, 1.54) is 0 Å². The van der Waals surface area contributed by atoms with Gasteiger partial charge in [-0.1, -0.05) is 6.07 Å². The molecule has 0 unspecified atom stereocenters. The van der Waals surface area contributed by atoms with Crippen LogP contribution in [0.25, 0.3) is 0 Å². The van der Waals surface area contributed by atoms with E-state index in [4.69, 9.17) is 14.7 Å². The number of hydrogen-bond acceptors (Lipinski definition) is 5. The van der Waals surface area contributed by atoms with E-state index in [-0.39, 0.29) is 18.9 Å². The molecule has 1 aromatic carbocycles. The number of aldehydes is 1. The van der Waals surface area contributed by atoms with Crippen molar-refractivity contribution in [1.82, 2.24) is 5.32 Å². The molecule has 1 rings (SSSR count). The standard InChI is InChI=1S/C13H14N2O4/c1-2-18-11-5-3-4-10(8-16)13(11)19-9-12(17)15-7-6-14/h3-5,8H,2,7,9H2,1H3,(H,15,17). The van der Waals surface area contributed by atoms with Crippen LogP contribution in [-0.2, 0) is 4.79 Å². The molecule has 0 saturated carbocycles. The number of hydrogen-bond donors (Lipinski definition) is 1. The van der Waals surface area contributed by atoms with Crippen LogP contribution in [0, 0.1) is 11.3 Å². The van der Waals surface area contributed by atoms with Gasteiger partial charge in [0.15, 0.2) is 24.4 Å². The Balaban J connectivity index is 2.78. The van der Waals surface area contributed by atoms with Crippen molar-refractivity contribution in [3.63, 3.8) is 0 Å². The molecule has 6 nitrogen and oxygen atoms in total. The molecule has 100 valence electrons. The zero-order valence-electron chi connectivity index (χ0n) is 10.5. The minimum Gasteiger partial charge on any atom is -0.490 e. The Hall–Kier alpha value is -2.55. The summed E-state index contributed by atoms with van der Waals surface area (Å²) in [7, 11) is 0. The molecule has 19 heavy (non-hydrogen) atoms. The summed E-state index contributed by atoms with van der Waals surface area (Å²) < 4.78 is 10.6. The van der Waals surface area contributed by atoms with Gasteiger partial charge in [-0.2, -0.15) is 5.26 Å². The summed E-state index contributed by atoms with van der Waals surface area (Å²) in [5.74, 6) is 0.191. The maximum Gasteiger partial charge on any atom is 0.258 e. The fraction of sp³-hybridized carbons (Fsp3) is 0.308. The molecule has 1 aromatic rings. The normalized spacial score (nSPS) is 9.26. The SMILES string of the molecule is CCOc1cccc(C=O)c1OCC(=O)NCC#N. The molecule has 6 heteroatoms. The van der Waals surface area contributed by atoms with E-state index in [1.807, 2.05) is 0 Å². The van der Waals surface area contributed by atoms with Gasteiger partial charge in [-0.15, -0.1) is 0 Å². The van der Waals surface area contributed by atoms with Gasteiger partial charge in [0.05, 0.1) is 18.2 Å². The van der Waals surface area contributed by atoms with Crippen LogP contribution in [0.2, 0.25) is 0 Å². The van der Waals surface area contributed by atoms with Gasteiger partial charge in [-0.25, -0.2) is 0 Å². The molecule has 0 spiro atoms. The van der Waals surface area contributed by atoms with Crippen molar-refractivity contribution in [2.24, 2.45) is 0 Å². The van der Waals surface area contributed by atoms with Crippen LogP contribution in [-0.4, -0.2) is 32.0 Å². The monoisotopic (exact) mass is 262 g/mol. The van der Waals surface area contributed by atoms with Crippen LogP contribution < -0.4 is 14.8 Å². The second-order valence-corrected chi connectivity index (χ2v) is 3.45. The predicted octanol–water partition coefficient (Wildman–Crippen LogP) is 0.916. The third-order valence-electron chi connectivity index (χ3n) is 2.15. The van der Waals surface area contributed by atoms with Crippen LogP contribution in [0.15, 0.2) is 18.2 Å². The molecule has 0 aliphatic rings. The quantitative estimate of drug-likeness (QED) is 0.583. The van der Waals surface area contributed by atoms with Gasteiger partial charge in [0.1, 0.15) is 6.54 Å². The van der Waals surface area contributed by atoms with E-state index in [1.54, 1.807) is 31.2 Å². The van der Waals surface area contributed by atoms with Crippen molar-refractivity contribution in [1.29, 1.82) is 5.26 Å². The molecular formula is C13H14N2O4. The number of rotatable bonds is 7. The highest BCUT2D eigenvalue weighted by Crippen LogP contribution is 2.30. The number of benzene rings is 1. The summed E-state index contributed by atoms with van der Waals surface area (Å²) in [5.41, 5.74) is 0.305. The molecule has 0 aliphatic heterocycles. The first kappa shape index (κ1) is 14.5. The Morgan fingerprint density at radius 3 is 2.89 bits per heavy atom. The number of ether oxygens (including phenoxy) is 2. The van der Waals surface area contributed by atoms with Crippen molar-refractivity contribution < 1.29 is 19.1 Å². The van der Waals surface area contributed by atoms with E-state index in [0.717, 1.165) is 0 Å². The second kappa shape index (κ2) is 7.71. The van der Waals surface area contributed by atoms with Crippen LogP contribution in [0.3, 0.4) is 0 Å². The Morgan fingerprint density at radius 2 is 2.26 bits per heavy atom. The number of nitrogens with one attached hydrogen (secondary N) is 1. The van der Waals surface area contributed by atoms with Gasteiger partial charge in [0.25, 0.3) is 5.91 Å². The van der Waals surface area contributed by atoms with Gasteiger partial charge < -0.3 is 14.8 Å². The van der Waals surface area contributed by atoms with Crippen molar-refractivity contribution >= 4 is 12.2 Å². The lowest BCUT2D eigenvalue weighted by Crippen LogP contribution is -2.29. The highest BCUT2D eigenvalue weighted by atomic mass is 16.5. The number of carbonyl (C=O) groups excluding carboxylic acids is 2. The predicted molar refractivity (Wildman–Crippen MR) is 67.1 cm³/mol. The summed E-state index contributed by atoms with van der Waals surface area (Å²) in [5, 5.41) is 10.7. The first-order valence-electron chi connectivity index (χ1n) is 5.70. The molecule has 0 radical (unpaired) electrons. The summed E-state index contributed by atoms with van der Waals surface area (Å²) in [6.07, 6.45) is 0.630. The zero-order valence-corrected chi connectivity index (χ0v) is 10.5. The van der Waals surface area contributed by atoms with E-state index in [0.29, 0.717) is 24.2 Å². The maximum atomic E-state index is 11.3. The molecule has 0 aliphatic carbocycles. The van der Waals surface area contributed by atoms with E-state index in [2.05, 4.69) is 5.32 Å².